The third-order valence-electron chi connectivity index (χ3n) is 3.81. The van der Waals surface area contributed by atoms with E-state index in [2.05, 4.69) is 31.2 Å². The zero-order chi connectivity index (χ0) is 18.7. The molecule has 26 heavy (non-hydrogen) atoms. The number of hydrogen-bond acceptors (Lipinski definition) is 4. The smallest absolute Gasteiger partial charge is 0.244 e. The lowest BCUT2D eigenvalue weighted by Crippen LogP contribution is -2.33. The number of nitrogens with one attached hydrogen (secondary N) is 1. The molecule has 0 unspecified atom stereocenters. The highest BCUT2D eigenvalue weighted by Crippen LogP contribution is 2.25. The van der Waals surface area contributed by atoms with Gasteiger partial charge in [0.05, 0.1) is 17.7 Å². The fraction of sp³-hybridized carbons (Fsp3) is 0.167. The number of hydrogen-bond donors (Lipinski definition) is 1. The molecule has 0 saturated heterocycles. The molecule has 0 spiro atoms. The van der Waals surface area contributed by atoms with Crippen molar-refractivity contribution in [3.8, 4) is 0 Å². The molecule has 0 bridgehead atoms. The van der Waals surface area contributed by atoms with Crippen LogP contribution in [0.3, 0.4) is 0 Å². The van der Waals surface area contributed by atoms with Crippen molar-refractivity contribution in [3.63, 3.8) is 0 Å². The molecule has 3 rings (SSSR count). The largest absolute Gasteiger partial charge is 0.361 e. The van der Waals surface area contributed by atoms with E-state index >= 15 is 0 Å². The van der Waals surface area contributed by atoms with E-state index in [1.54, 1.807) is 23.4 Å². The van der Waals surface area contributed by atoms with Crippen molar-refractivity contribution in [2.75, 3.05) is 23.3 Å². The molecule has 0 aliphatic carbocycles. The number of rotatable bonds is 5. The molecule has 2 heterocycles. The number of pyridine rings is 2. The number of anilines is 2. The Hall–Kier alpha value is -2.61. The van der Waals surface area contributed by atoms with Crippen LogP contribution in [-0.4, -0.2) is 29.0 Å². The van der Waals surface area contributed by atoms with E-state index in [9.17, 15) is 13.6 Å². The van der Waals surface area contributed by atoms with Gasteiger partial charge in [0.1, 0.15) is 22.8 Å². The number of carbonyl (C=O) groups excluding carboxylic acids is 1. The maximum absolute atomic E-state index is 13.7. The highest BCUT2D eigenvalue weighted by molar-refractivity contribution is 9.10. The third kappa shape index (κ3) is 3.80. The summed E-state index contributed by atoms with van der Waals surface area (Å²) in [5.41, 5.74) is 1.59. The predicted molar refractivity (Wildman–Crippen MR) is 100 cm³/mol. The number of amides is 1. The minimum absolute atomic E-state index is 0.0822. The zero-order valence-corrected chi connectivity index (χ0v) is 15.4. The summed E-state index contributed by atoms with van der Waals surface area (Å²) in [6.45, 7) is 2.30. The standard InChI is InChI=1S/C18H15BrF2N4O/c1-2-25(10-16(26)24-17-12(20)4-3-5-13(17)21)15-6-7-22-14-8-11(19)9-23-18(14)15/h3-9H,2,10H2,1H3,(H,24,26). The second kappa shape index (κ2) is 7.74. The Balaban J connectivity index is 1.85. The summed E-state index contributed by atoms with van der Waals surface area (Å²) in [6, 6.07) is 7.01. The second-order valence-electron chi connectivity index (χ2n) is 5.51. The molecular formula is C18H15BrF2N4O. The molecule has 2 aromatic heterocycles. The molecule has 0 atom stereocenters. The van der Waals surface area contributed by atoms with Crippen LogP contribution in [-0.2, 0) is 4.79 Å². The number of aromatic nitrogens is 2. The van der Waals surface area contributed by atoms with E-state index in [4.69, 9.17) is 0 Å². The van der Waals surface area contributed by atoms with Crippen LogP contribution in [0.25, 0.3) is 11.0 Å². The van der Waals surface area contributed by atoms with E-state index in [0.29, 0.717) is 23.3 Å². The highest BCUT2D eigenvalue weighted by Gasteiger charge is 2.17. The van der Waals surface area contributed by atoms with Gasteiger partial charge in [-0.05, 0) is 47.1 Å². The van der Waals surface area contributed by atoms with Crippen molar-refractivity contribution in [2.45, 2.75) is 6.92 Å². The van der Waals surface area contributed by atoms with Gasteiger partial charge in [0.25, 0.3) is 0 Å². The molecule has 0 aliphatic heterocycles. The molecule has 3 aromatic rings. The lowest BCUT2D eigenvalue weighted by atomic mass is 10.2. The first-order valence-corrected chi connectivity index (χ1v) is 8.68. The Morgan fingerprint density at radius 2 is 1.96 bits per heavy atom. The lowest BCUT2D eigenvalue weighted by molar-refractivity contribution is -0.115. The van der Waals surface area contributed by atoms with E-state index in [-0.39, 0.29) is 6.54 Å². The van der Waals surface area contributed by atoms with Gasteiger partial charge >= 0.3 is 0 Å². The van der Waals surface area contributed by atoms with Crippen LogP contribution < -0.4 is 10.2 Å². The molecule has 1 aromatic carbocycles. The monoisotopic (exact) mass is 420 g/mol. The Morgan fingerprint density at radius 1 is 1.23 bits per heavy atom. The number of likely N-dealkylation sites (N-methyl/N-ethyl adjacent to an activating group) is 1. The number of carbonyl (C=O) groups is 1. The van der Waals surface area contributed by atoms with Gasteiger partial charge in [-0.25, -0.2) is 8.78 Å². The average molecular weight is 421 g/mol. The van der Waals surface area contributed by atoms with Crippen LogP contribution in [0.4, 0.5) is 20.2 Å². The van der Waals surface area contributed by atoms with E-state index in [0.717, 1.165) is 16.6 Å². The predicted octanol–water partition coefficient (Wildman–Crippen LogP) is 4.14. The maximum atomic E-state index is 13.7. The number of halogens is 3. The molecule has 0 fully saturated rings. The van der Waals surface area contributed by atoms with Crippen molar-refractivity contribution in [1.29, 1.82) is 0 Å². The average Bonchev–Trinajstić information content (AvgIpc) is 2.62. The first-order valence-electron chi connectivity index (χ1n) is 7.88. The van der Waals surface area contributed by atoms with E-state index < -0.39 is 23.2 Å². The lowest BCUT2D eigenvalue weighted by Gasteiger charge is -2.23. The summed E-state index contributed by atoms with van der Waals surface area (Å²) >= 11 is 3.35. The van der Waals surface area contributed by atoms with Gasteiger partial charge in [-0.2, -0.15) is 0 Å². The topological polar surface area (TPSA) is 58.1 Å². The van der Waals surface area contributed by atoms with E-state index in [1.165, 1.54) is 6.07 Å². The van der Waals surface area contributed by atoms with Gasteiger partial charge in [-0.1, -0.05) is 6.07 Å². The fourth-order valence-electron chi connectivity index (χ4n) is 2.58. The quantitative estimate of drug-likeness (QED) is 0.673. The van der Waals surface area contributed by atoms with Crippen molar-refractivity contribution >= 4 is 44.2 Å². The van der Waals surface area contributed by atoms with Gasteiger partial charge in [0.15, 0.2) is 0 Å². The molecule has 5 nitrogen and oxygen atoms in total. The highest BCUT2D eigenvalue weighted by atomic mass is 79.9. The summed E-state index contributed by atoms with van der Waals surface area (Å²) in [4.78, 5) is 22.7. The fourth-order valence-corrected chi connectivity index (χ4v) is 2.90. The van der Waals surface area contributed by atoms with Gasteiger partial charge in [-0.3, -0.25) is 14.8 Å². The van der Waals surface area contributed by atoms with Gasteiger partial charge in [-0.15, -0.1) is 0 Å². The van der Waals surface area contributed by atoms with Crippen molar-refractivity contribution in [3.05, 3.63) is 58.8 Å². The minimum atomic E-state index is -0.817. The third-order valence-corrected chi connectivity index (χ3v) is 4.24. The number of nitrogens with zero attached hydrogens (tertiary/aromatic N) is 3. The Kier molecular flexibility index (Phi) is 5.41. The Labute approximate surface area is 157 Å². The Bertz CT molecular complexity index is 947. The first kappa shape index (κ1) is 18.2. The second-order valence-corrected chi connectivity index (χ2v) is 6.43. The summed E-state index contributed by atoms with van der Waals surface area (Å²) in [5.74, 6) is -2.16. The van der Waals surface area contributed by atoms with E-state index in [1.807, 2.05) is 13.0 Å². The number of fused-ring (bicyclic) bond motifs is 1. The molecule has 1 N–H and O–H groups in total. The molecular weight excluding hydrogens is 406 g/mol. The van der Waals surface area contributed by atoms with Crippen molar-refractivity contribution < 1.29 is 13.6 Å². The van der Waals surface area contributed by atoms with Crippen LogP contribution in [0, 0.1) is 11.6 Å². The molecule has 8 heteroatoms. The summed E-state index contributed by atoms with van der Waals surface area (Å²) in [5, 5.41) is 2.30. The molecule has 0 radical (unpaired) electrons. The van der Waals surface area contributed by atoms with Gasteiger partial charge < -0.3 is 10.2 Å². The number of para-hydroxylation sites is 1. The normalized spacial score (nSPS) is 10.8. The molecule has 0 aliphatic rings. The van der Waals surface area contributed by atoms with Gasteiger partial charge in [0.2, 0.25) is 5.91 Å². The first-order chi connectivity index (χ1) is 12.5. The summed E-state index contributed by atoms with van der Waals surface area (Å²) < 4.78 is 28.2. The van der Waals surface area contributed by atoms with Crippen LogP contribution in [0.1, 0.15) is 6.92 Å². The molecule has 1 amide bonds. The maximum Gasteiger partial charge on any atom is 0.244 e. The van der Waals surface area contributed by atoms with Crippen molar-refractivity contribution in [1.82, 2.24) is 9.97 Å². The zero-order valence-electron chi connectivity index (χ0n) is 13.8. The van der Waals surface area contributed by atoms with Crippen LogP contribution in [0.5, 0.6) is 0 Å². The number of benzene rings is 1. The SMILES string of the molecule is CCN(CC(=O)Nc1c(F)cccc1F)c1ccnc2cc(Br)cnc12. The van der Waals surface area contributed by atoms with Crippen LogP contribution in [0.2, 0.25) is 0 Å². The summed E-state index contributed by atoms with van der Waals surface area (Å²) in [7, 11) is 0. The van der Waals surface area contributed by atoms with Crippen LogP contribution in [0.15, 0.2) is 47.2 Å². The van der Waals surface area contributed by atoms with Gasteiger partial charge in [0, 0.05) is 23.4 Å². The van der Waals surface area contributed by atoms with Crippen LogP contribution >= 0.6 is 15.9 Å². The summed E-state index contributed by atoms with van der Waals surface area (Å²) in [6.07, 6.45) is 3.28. The molecule has 0 saturated carbocycles. The van der Waals surface area contributed by atoms with Crippen molar-refractivity contribution in [2.24, 2.45) is 0 Å². The Morgan fingerprint density at radius 3 is 2.65 bits per heavy atom. The minimum Gasteiger partial charge on any atom is -0.361 e. The molecule has 134 valence electrons.